The first-order valence-corrected chi connectivity index (χ1v) is 10.4. The normalized spacial score (nSPS) is 15.2. The standard InChI is InChI=1S/C20H22F2N4O2S/c1-14(15-6-8-16(9-7-15)28-18(21)22)29-20-24-23-19(25-10-2-3-11-25)26(20)13-17-5-4-12-27-17/h4-9,12,14,18H,2-3,10-11,13H2,1H3. The zero-order valence-corrected chi connectivity index (χ0v) is 16.8. The molecule has 1 fully saturated rings. The van der Waals surface area contributed by atoms with E-state index < -0.39 is 6.61 Å². The molecule has 0 aliphatic carbocycles. The van der Waals surface area contributed by atoms with Gasteiger partial charge in [-0.3, -0.25) is 4.57 Å². The van der Waals surface area contributed by atoms with Crippen molar-refractivity contribution < 1.29 is 17.9 Å². The van der Waals surface area contributed by atoms with E-state index in [1.54, 1.807) is 42.3 Å². The van der Waals surface area contributed by atoms with Gasteiger partial charge in [0.1, 0.15) is 11.5 Å². The van der Waals surface area contributed by atoms with Crippen molar-refractivity contribution in [1.82, 2.24) is 14.8 Å². The molecule has 0 spiro atoms. The van der Waals surface area contributed by atoms with E-state index in [-0.39, 0.29) is 11.0 Å². The Hall–Kier alpha value is -2.55. The quantitative estimate of drug-likeness (QED) is 0.480. The van der Waals surface area contributed by atoms with Gasteiger partial charge in [0.2, 0.25) is 5.95 Å². The smallest absolute Gasteiger partial charge is 0.387 e. The second-order valence-electron chi connectivity index (χ2n) is 6.85. The van der Waals surface area contributed by atoms with E-state index in [1.165, 1.54) is 0 Å². The van der Waals surface area contributed by atoms with Crippen molar-refractivity contribution in [3.05, 3.63) is 54.0 Å². The van der Waals surface area contributed by atoms with Crippen LogP contribution in [0.3, 0.4) is 0 Å². The Balaban J connectivity index is 1.54. The molecular weight excluding hydrogens is 398 g/mol. The minimum atomic E-state index is -2.82. The lowest BCUT2D eigenvalue weighted by molar-refractivity contribution is -0.0498. The number of hydrogen-bond acceptors (Lipinski definition) is 6. The lowest BCUT2D eigenvalue weighted by Gasteiger charge is -2.18. The van der Waals surface area contributed by atoms with Crippen LogP contribution in [0.25, 0.3) is 0 Å². The molecule has 0 radical (unpaired) electrons. The van der Waals surface area contributed by atoms with Gasteiger partial charge in [-0.2, -0.15) is 8.78 Å². The predicted molar refractivity (Wildman–Crippen MR) is 107 cm³/mol. The van der Waals surface area contributed by atoms with Crippen LogP contribution in [-0.4, -0.2) is 34.5 Å². The largest absolute Gasteiger partial charge is 0.467 e. The van der Waals surface area contributed by atoms with E-state index in [0.717, 1.165) is 48.4 Å². The van der Waals surface area contributed by atoms with Gasteiger partial charge in [0, 0.05) is 18.3 Å². The van der Waals surface area contributed by atoms with Crippen LogP contribution in [0.4, 0.5) is 14.7 Å². The SMILES string of the molecule is CC(Sc1nnc(N2CCCC2)n1Cc1ccco1)c1ccc(OC(F)F)cc1. The van der Waals surface area contributed by atoms with Crippen LogP contribution >= 0.6 is 11.8 Å². The van der Waals surface area contributed by atoms with Gasteiger partial charge in [0.15, 0.2) is 5.16 Å². The van der Waals surface area contributed by atoms with Crippen molar-refractivity contribution in [3.8, 4) is 5.75 Å². The van der Waals surface area contributed by atoms with Crippen LogP contribution in [0.1, 0.15) is 36.3 Å². The molecule has 1 aliphatic heterocycles. The van der Waals surface area contributed by atoms with Crippen molar-refractivity contribution in [3.63, 3.8) is 0 Å². The van der Waals surface area contributed by atoms with Gasteiger partial charge in [-0.25, -0.2) is 0 Å². The predicted octanol–water partition coefficient (Wildman–Crippen LogP) is 4.97. The number of alkyl halides is 2. The highest BCUT2D eigenvalue weighted by molar-refractivity contribution is 7.99. The Bertz CT molecular complexity index is 909. The first-order valence-electron chi connectivity index (χ1n) is 9.52. The second-order valence-corrected chi connectivity index (χ2v) is 8.16. The number of anilines is 1. The number of ether oxygens (including phenoxy) is 1. The van der Waals surface area contributed by atoms with Gasteiger partial charge >= 0.3 is 6.61 Å². The number of thioether (sulfide) groups is 1. The maximum Gasteiger partial charge on any atom is 0.387 e. The van der Waals surface area contributed by atoms with Crippen LogP contribution in [-0.2, 0) is 6.54 Å². The molecule has 6 nitrogen and oxygen atoms in total. The van der Waals surface area contributed by atoms with Gasteiger partial charge < -0.3 is 14.1 Å². The molecule has 2 aromatic heterocycles. The minimum absolute atomic E-state index is 0.0570. The number of nitrogens with zero attached hydrogens (tertiary/aromatic N) is 4. The lowest BCUT2D eigenvalue weighted by Crippen LogP contribution is -2.22. The molecule has 4 rings (SSSR count). The van der Waals surface area contributed by atoms with Crippen molar-refractivity contribution >= 4 is 17.7 Å². The van der Waals surface area contributed by atoms with Crippen LogP contribution in [0.2, 0.25) is 0 Å². The lowest BCUT2D eigenvalue weighted by atomic mass is 10.2. The highest BCUT2D eigenvalue weighted by Gasteiger charge is 2.23. The molecule has 1 saturated heterocycles. The summed E-state index contributed by atoms with van der Waals surface area (Å²) in [6, 6.07) is 10.5. The summed E-state index contributed by atoms with van der Waals surface area (Å²) in [5, 5.41) is 9.73. The Morgan fingerprint density at radius 1 is 1.14 bits per heavy atom. The van der Waals surface area contributed by atoms with Crippen molar-refractivity contribution in [2.24, 2.45) is 0 Å². The summed E-state index contributed by atoms with van der Waals surface area (Å²) >= 11 is 1.58. The van der Waals surface area contributed by atoms with Crippen LogP contribution in [0, 0.1) is 0 Å². The number of hydrogen-bond donors (Lipinski definition) is 0. The van der Waals surface area contributed by atoms with E-state index in [2.05, 4.69) is 31.3 Å². The highest BCUT2D eigenvalue weighted by Crippen LogP contribution is 2.36. The van der Waals surface area contributed by atoms with E-state index in [0.29, 0.717) is 6.54 Å². The fourth-order valence-corrected chi connectivity index (χ4v) is 4.33. The van der Waals surface area contributed by atoms with Crippen molar-refractivity contribution in [2.75, 3.05) is 18.0 Å². The Morgan fingerprint density at radius 3 is 2.55 bits per heavy atom. The zero-order valence-electron chi connectivity index (χ0n) is 16.0. The number of rotatable bonds is 8. The van der Waals surface area contributed by atoms with Gasteiger partial charge in [0.05, 0.1) is 12.8 Å². The average molecular weight is 420 g/mol. The third kappa shape index (κ3) is 4.72. The molecule has 0 N–H and O–H groups in total. The Kier molecular flexibility index (Phi) is 6.03. The molecule has 3 heterocycles. The molecule has 0 amide bonds. The fourth-order valence-electron chi connectivity index (χ4n) is 3.36. The Labute approximate surface area is 171 Å². The van der Waals surface area contributed by atoms with Crippen molar-refractivity contribution in [2.45, 2.75) is 43.3 Å². The van der Waals surface area contributed by atoms with Crippen LogP contribution in [0.5, 0.6) is 5.75 Å². The molecule has 0 saturated carbocycles. The average Bonchev–Trinajstić information content (AvgIpc) is 3.45. The van der Waals surface area contributed by atoms with E-state index >= 15 is 0 Å². The summed E-state index contributed by atoms with van der Waals surface area (Å²) in [7, 11) is 0. The maximum absolute atomic E-state index is 12.3. The summed E-state index contributed by atoms with van der Waals surface area (Å²) in [6.45, 7) is 1.73. The van der Waals surface area contributed by atoms with E-state index in [9.17, 15) is 8.78 Å². The topological polar surface area (TPSA) is 56.3 Å². The molecule has 1 aromatic carbocycles. The fraction of sp³-hybridized carbons (Fsp3) is 0.400. The number of halogens is 2. The number of benzene rings is 1. The first-order chi connectivity index (χ1) is 14.1. The molecule has 1 atom stereocenters. The van der Waals surface area contributed by atoms with Gasteiger partial charge in [-0.15, -0.1) is 10.2 Å². The number of aromatic nitrogens is 3. The molecule has 0 bridgehead atoms. The summed E-state index contributed by atoms with van der Waals surface area (Å²) in [4.78, 5) is 2.25. The molecule has 154 valence electrons. The molecule has 1 unspecified atom stereocenters. The third-order valence-electron chi connectivity index (χ3n) is 4.84. The van der Waals surface area contributed by atoms with Gasteiger partial charge in [-0.05, 0) is 49.6 Å². The third-order valence-corrected chi connectivity index (χ3v) is 5.98. The number of furan rings is 1. The highest BCUT2D eigenvalue weighted by atomic mass is 32.2. The molecule has 9 heteroatoms. The van der Waals surface area contributed by atoms with Crippen LogP contribution < -0.4 is 9.64 Å². The summed E-state index contributed by atoms with van der Waals surface area (Å²) in [5.74, 6) is 1.85. The second kappa shape index (κ2) is 8.86. The Morgan fingerprint density at radius 2 is 1.90 bits per heavy atom. The monoisotopic (exact) mass is 420 g/mol. The first kappa shape index (κ1) is 19.8. The molecule has 3 aromatic rings. The van der Waals surface area contributed by atoms with Gasteiger partial charge in [-0.1, -0.05) is 23.9 Å². The maximum atomic E-state index is 12.3. The summed E-state index contributed by atoms with van der Waals surface area (Å²) in [6.07, 6.45) is 3.97. The molecule has 29 heavy (non-hydrogen) atoms. The molecule has 1 aliphatic rings. The van der Waals surface area contributed by atoms with Crippen molar-refractivity contribution in [1.29, 1.82) is 0 Å². The zero-order chi connectivity index (χ0) is 20.2. The van der Waals surface area contributed by atoms with E-state index in [4.69, 9.17) is 4.42 Å². The minimum Gasteiger partial charge on any atom is -0.467 e. The van der Waals surface area contributed by atoms with Crippen LogP contribution in [0.15, 0.2) is 52.2 Å². The molecular formula is C20H22F2N4O2S. The summed E-state index contributed by atoms with van der Waals surface area (Å²) < 4.78 is 36.7. The van der Waals surface area contributed by atoms with E-state index in [1.807, 2.05) is 12.1 Å². The van der Waals surface area contributed by atoms with Gasteiger partial charge in [0.25, 0.3) is 0 Å². The summed E-state index contributed by atoms with van der Waals surface area (Å²) in [5.41, 5.74) is 0.992.